The zero-order valence-electron chi connectivity index (χ0n) is 11.2. The molecule has 20 heavy (non-hydrogen) atoms. The van der Waals surface area contributed by atoms with Gasteiger partial charge in [0.05, 0.1) is 12.0 Å². The monoisotopic (exact) mass is 263 g/mol. The van der Waals surface area contributed by atoms with Gasteiger partial charge in [0.2, 0.25) is 5.91 Å². The summed E-state index contributed by atoms with van der Waals surface area (Å²) in [4.78, 5) is 11.7. The Morgan fingerprint density at radius 3 is 2.25 bits per heavy atom. The van der Waals surface area contributed by atoms with Crippen LogP contribution in [0.4, 0.5) is 0 Å². The second-order valence-corrected chi connectivity index (χ2v) is 5.10. The number of rotatable bonds is 4. The van der Waals surface area contributed by atoms with Crippen LogP contribution in [0.15, 0.2) is 66.7 Å². The fourth-order valence-corrected chi connectivity index (χ4v) is 2.49. The Morgan fingerprint density at radius 1 is 0.950 bits per heavy atom. The molecule has 2 nitrogen and oxygen atoms in total. The van der Waals surface area contributed by atoms with Crippen LogP contribution >= 0.6 is 0 Å². The lowest BCUT2D eigenvalue weighted by atomic mass is 9.84. The number of carbonyl (C=O) groups excluding carboxylic acids is 1. The van der Waals surface area contributed by atoms with Crippen molar-refractivity contribution in [2.45, 2.75) is 12.5 Å². The van der Waals surface area contributed by atoms with E-state index in [2.05, 4.69) is 41.7 Å². The molecule has 1 fully saturated rings. The molecule has 0 spiro atoms. The average Bonchev–Trinajstić information content (AvgIpc) is 2.51. The first kappa shape index (κ1) is 12.7. The summed E-state index contributed by atoms with van der Waals surface area (Å²) in [6.07, 6.45) is 4.96. The molecule has 0 radical (unpaired) electrons. The van der Waals surface area contributed by atoms with E-state index < -0.39 is 0 Å². The Kier molecular flexibility index (Phi) is 3.64. The summed E-state index contributed by atoms with van der Waals surface area (Å²) >= 11 is 0. The van der Waals surface area contributed by atoms with Crippen molar-refractivity contribution in [2.75, 3.05) is 0 Å². The summed E-state index contributed by atoms with van der Waals surface area (Å²) < 4.78 is 0. The van der Waals surface area contributed by atoms with Crippen molar-refractivity contribution in [2.24, 2.45) is 5.92 Å². The minimum atomic E-state index is 0.0531. The largest absolute Gasteiger partial charge is 0.349 e. The van der Waals surface area contributed by atoms with Gasteiger partial charge < -0.3 is 5.32 Å². The van der Waals surface area contributed by atoms with Crippen molar-refractivity contribution in [3.05, 3.63) is 77.9 Å². The van der Waals surface area contributed by atoms with Gasteiger partial charge in [-0.15, -0.1) is 0 Å². The molecular weight excluding hydrogens is 246 g/mol. The topological polar surface area (TPSA) is 29.1 Å². The van der Waals surface area contributed by atoms with Gasteiger partial charge in [-0.3, -0.25) is 4.79 Å². The maximum Gasteiger partial charge on any atom is 0.226 e. The van der Waals surface area contributed by atoms with Crippen LogP contribution in [-0.4, -0.2) is 11.9 Å². The lowest BCUT2D eigenvalue weighted by Gasteiger charge is -2.35. The van der Waals surface area contributed by atoms with Gasteiger partial charge in [-0.05, 0) is 17.5 Å². The predicted molar refractivity (Wildman–Crippen MR) is 81.0 cm³/mol. The second-order valence-electron chi connectivity index (χ2n) is 5.10. The summed E-state index contributed by atoms with van der Waals surface area (Å²) in [6, 6.07) is 20.5. The highest BCUT2D eigenvalue weighted by molar-refractivity contribution is 5.87. The van der Waals surface area contributed by atoms with E-state index in [1.165, 1.54) is 5.56 Å². The van der Waals surface area contributed by atoms with Crippen molar-refractivity contribution in [3.8, 4) is 0 Å². The highest BCUT2D eigenvalue weighted by atomic mass is 16.2. The Bertz CT molecular complexity index is 604. The first-order valence-corrected chi connectivity index (χ1v) is 6.90. The van der Waals surface area contributed by atoms with Crippen molar-refractivity contribution in [1.29, 1.82) is 0 Å². The molecule has 2 aromatic rings. The fourth-order valence-electron chi connectivity index (χ4n) is 2.49. The number of β-lactam (4-membered cyclic amide) rings is 1. The smallest absolute Gasteiger partial charge is 0.226 e. The fraction of sp³-hybridized carbons (Fsp3) is 0.167. The summed E-state index contributed by atoms with van der Waals surface area (Å²) in [5, 5.41) is 2.96. The maximum absolute atomic E-state index is 11.7. The molecule has 1 saturated heterocycles. The maximum atomic E-state index is 11.7. The average molecular weight is 263 g/mol. The van der Waals surface area contributed by atoms with Gasteiger partial charge in [0.1, 0.15) is 0 Å². The molecule has 1 amide bonds. The molecule has 100 valence electrons. The molecule has 0 aliphatic carbocycles. The van der Waals surface area contributed by atoms with Crippen LogP contribution < -0.4 is 5.32 Å². The van der Waals surface area contributed by atoms with Crippen LogP contribution in [-0.2, 0) is 11.2 Å². The number of hydrogen-bond donors (Lipinski definition) is 1. The summed E-state index contributed by atoms with van der Waals surface area (Å²) in [7, 11) is 0. The van der Waals surface area contributed by atoms with Crippen LogP contribution in [0.25, 0.3) is 6.08 Å². The van der Waals surface area contributed by atoms with Crippen molar-refractivity contribution >= 4 is 12.0 Å². The van der Waals surface area contributed by atoms with Gasteiger partial charge >= 0.3 is 0 Å². The zero-order valence-corrected chi connectivity index (χ0v) is 11.2. The Hall–Kier alpha value is -2.35. The third-order valence-electron chi connectivity index (χ3n) is 3.67. The molecule has 1 aliphatic heterocycles. The van der Waals surface area contributed by atoms with Gasteiger partial charge in [0.25, 0.3) is 0 Å². The number of hydrogen-bond acceptors (Lipinski definition) is 1. The Morgan fingerprint density at radius 2 is 1.60 bits per heavy atom. The second kappa shape index (κ2) is 5.74. The van der Waals surface area contributed by atoms with Crippen LogP contribution in [0, 0.1) is 5.92 Å². The van der Waals surface area contributed by atoms with E-state index in [-0.39, 0.29) is 17.9 Å². The molecule has 2 atom stereocenters. The van der Waals surface area contributed by atoms with E-state index in [0.717, 1.165) is 12.0 Å². The van der Waals surface area contributed by atoms with E-state index in [1.54, 1.807) is 0 Å². The summed E-state index contributed by atoms with van der Waals surface area (Å²) in [5.74, 6) is 0.203. The first-order chi connectivity index (χ1) is 9.83. The SMILES string of the molecule is O=C1NC(C=Cc2ccccc2)C1Cc1ccccc1. The molecule has 1 aliphatic rings. The third kappa shape index (κ3) is 2.80. The molecule has 2 heteroatoms. The highest BCUT2D eigenvalue weighted by Crippen LogP contribution is 2.22. The molecule has 0 bridgehead atoms. The predicted octanol–water partition coefficient (Wildman–Crippen LogP) is 3.06. The van der Waals surface area contributed by atoms with Crippen molar-refractivity contribution in [1.82, 2.24) is 5.32 Å². The minimum Gasteiger partial charge on any atom is -0.349 e. The van der Waals surface area contributed by atoms with Crippen molar-refractivity contribution in [3.63, 3.8) is 0 Å². The van der Waals surface area contributed by atoms with E-state index >= 15 is 0 Å². The minimum absolute atomic E-state index is 0.0531. The number of amides is 1. The molecule has 0 saturated carbocycles. The highest BCUT2D eigenvalue weighted by Gasteiger charge is 2.37. The normalized spacial score (nSPS) is 21.5. The number of nitrogens with one attached hydrogen (secondary N) is 1. The van der Waals surface area contributed by atoms with Gasteiger partial charge in [-0.25, -0.2) is 0 Å². The van der Waals surface area contributed by atoms with Gasteiger partial charge in [-0.1, -0.05) is 72.8 Å². The van der Waals surface area contributed by atoms with Crippen LogP contribution in [0.5, 0.6) is 0 Å². The number of benzene rings is 2. The lowest BCUT2D eigenvalue weighted by molar-refractivity contribution is -0.133. The van der Waals surface area contributed by atoms with E-state index in [9.17, 15) is 4.79 Å². The first-order valence-electron chi connectivity index (χ1n) is 6.90. The summed E-state index contributed by atoms with van der Waals surface area (Å²) in [5.41, 5.74) is 2.37. The van der Waals surface area contributed by atoms with Crippen LogP contribution in [0.2, 0.25) is 0 Å². The number of carbonyl (C=O) groups is 1. The van der Waals surface area contributed by atoms with Gasteiger partial charge in [-0.2, -0.15) is 0 Å². The van der Waals surface area contributed by atoms with Gasteiger partial charge in [0, 0.05) is 0 Å². The molecule has 2 aromatic carbocycles. The summed E-state index contributed by atoms with van der Waals surface area (Å²) in [6.45, 7) is 0. The lowest BCUT2D eigenvalue weighted by Crippen LogP contribution is -2.57. The van der Waals surface area contributed by atoms with E-state index in [4.69, 9.17) is 0 Å². The quantitative estimate of drug-likeness (QED) is 0.844. The van der Waals surface area contributed by atoms with Crippen LogP contribution in [0.3, 0.4) is 0 Å². The molecule has 2 unspecified atom stereocenters. The molecule has 3 rings (SSSR count). The molecule has 0 aromatic heterocycles. The standard InChI is InChI=1S/C18H17NO/c20-18-16(13-15-9-5-2-6-10-15)17(19-18)12-11-14-7-3-1-4-8-14/h1-12,16-17H,13H2,(H,19,20). The third-order valence-corrected chi connectivity index (χ3v) is 3.67. The van der Waals surface area contributed by atoms with Crippen LogP contribution in [0.1, 0.15) is 11.1 Å². The van der Waals surface area contributed by atoms with E-state index in [1.807, 2.05) is 36.4 Å². The zero-order chi connectivity index (χ0) is 13.8. The Labute approximate surface area is 119 Å². The van der Waals surface area contributed by atoms with Gasteiger partial charge in [0.15, 0.2) is 0 Å². The molecule has 1 N–H and O–H groups in total. The van der Waals surface area contributed by atoms with Crippen molar-refractivity contribution < 1.29 is 4.79 Å². The molecular formula is C18H17NO. The Balaban J connectivity index is 1.66. The molecule has 1 heterocycles. The van der Waals surface area contributed by atoms with E-state index in [0.29, 0.717) is 0 Å².